The van der Waals surface area contributed by atoms with E-state index in [1.807, 2.05) is 29.2 Å². The molecule has 26 heavy (non-hydrogen) atoms. The molecule has 1 amide bonds. The summed E-state index contributed by atoms with van der Waals surface area (Å²) < 4.78 is 5.62. The predicted octanol–water partition coefficient (Wildman–Crippen LogP) is 3.97. The number of amides is 1. The van der Waals surface area contributed by atoms with Crippen LogP contribution in [-0.2, 0) is 16.1 Å². The van der Waals surface area contributed by atoms with Gasteiger partial charge in [0.2, 0.25) is 5.91 Å². The van der Waals surface area contributed by atoms with E-state index in [0.29, 0.717) is 11.6 Å². The first-order valence-electron chi connectivity index (χ1n) is 10.0. The maximum atomic E-state index is 12.5. The van der Waals surface area contributed by atoms with E-state index in [-0.39, 0.29) is 12.5 Å². The lowest BCUT2D eigenvalue weighted by molar-refractivity contribution is -0.136. The van der Waals surface area contributed by atoms with Gasteiger partial charge in [-0.25, -0.2) is 0 Å². The number of hydrogen-bond donors (Lipinski definition) is 0. The molecule has 2 aliphatic rings. The highest BCUT2D eigenvalue weighted by molar-refractivity contribution is 6.31. The van der Waals surface area contributed by atoms with Crippen molar-refractivity contribution >= 4 is 17.5 Å². The van der Waals surface area contributed by atoms with Gasteiger partial charge in [0.25, 0.3) is 0 Å². The minimum absolute atomic E-state index is 0.0940. The molecular formula is C21H31ClN2O2. The highest BCUT2D eigenvalue weighted by Gasteiger charge is 2.22. The van der Waals surface area contributed by atoms with Gasteiger partial charge >= 0.3 is 0 Å². The molecule has 0 spiro atoms. The molecule has 144 valence electrons. The van der Waals surface area contributed by atoms with Gasteiger partial charge in [0, 0.05) is 31.2 Å². The second-order valence-electron chi connectivity index (χ2n) is 7.62. The summed E-state index contributed by atoms with van der Waals surface area (Å²) in [5.41, 5.74) is 0.927. The average Bonchev–Trinajstić information content (AvgIpc) is 2.90. The van der Waals surface area contributed by atoms with Gasteiger partial charge in [0.15, 0.2) is 0 Å². The van der Waals surface area contributed by atoms with Crippen LogP contribution in [0.15, 0.2) is 24.3 Å². The summed E-state index contributed by atoms with van der Waals surface area (Å²) in [5.74, 6) is 0.960. The zero-order valence-electron chi connectivity index (χ0n) is 15.7. The molecule has 1 saturated heterocycles. The van der Waals surface area contributed by atoms with E-state index >= 15 is 0 Å². The predicted molar refractivity (Wildman–Crippen MR) is 105 cm³/mol. The summed E-state index contributed by atoms with van der Waals surface area (Å²) in [6.07, 6.45) is 8.03. The molecule has 1 aliphatic heterocycles. The zero-order valence-corrected chi connectivity index (χ0v) is 16.4. The van der Waals surface area contributed by atoms with E-state index in [1.54, 1.807) is 0 Å². The third-order valence-electron chi connectivity index (χ3n) is 5.62. The third-order valence-corrected chi connectivity index (χ3v) is 5.99. The Kier molecular flexibility index (Phi) is 7.78. The molecule has 1 saturated carbocycles. The maximum absolute atomic E-state index is 12.5. The standard InChI is InChI=1S/C21H31ClN2O2/c22-20-10-5-4-9-19(20)16-26-17-21(25)24-12-6-11-23(13-14-24)15-18-7-2-1-3-8-18/h4-5,9-10,18H,1-3,6-8,11-17H2. The van der Waals surface area contributed by atoms with Crippen LogP contribution in [0.4, 0.5) is 0 Å². The molecule has 3 rings (SSSR count). The quantitative estimate of drug-likeness (QED) is 0.750. The van der Waals surface area contributed by atoms with Crippen molar-refractivity contribution in [3.63, 3.8) is 0 Å². The molecular weight excluding hydrogens is 348 g/mol. The van der Waals surface area contributed by atoms with Crippen LogP contribution in [0.1, 0.15) is 44.1 Å². The van der Waals surface area contributed by atoms with Crippen molar-refractivity contribution < 1.29 is 9.53 Å². The molecule has 1 heterocycles. The third kappa shape index (κ3) is 5.97. The largest absolute Gasteiger partial charge is 0.367 e. The van der Waals surface area contributed by atoms with Crippen molar-refractivity contribution in [2.45, 2.75) is 45.1 Å². The summed E-state index contributed by atoms with van der Waals surface area (Å²) in [6.45, 7) is 5.50. The average molecular weight is 379 g/mol. The lowest BCUT2D eigenvalue weighted by Gasteiger charge is -2.28. The van der Waals surface area contributed by atoms with E-state index in [2.05, 4.69) is 4.90 Å². The molecule has 0 atom stereocenters. The van der Waals surface area contributed by atoms with Crippen molar-refractivity contribution in [2.75, 3.05) is 39.3 Å². The molecule has 0 aromatic heterocycles. The zero-order chi connectivity index (χ0) is 18.2. The van der Waals surface area contributed by atoms with Crippen LogP contribution in [-0.4, -0.2) is 55.0 Å². The van der Waals surface area contributed by atoms with Crippen molar-refractivity contribution in [1.82, 2.24) is 9.80 Å². The molecule has 0 radical (unpaired) electrons. The molecule has 1 aromatic rings. The number of carbonyl (C=O) groups excluding carboxylic acids is 1. The fraction of sp³-hybridized carbons (Fsp3) is 0.667. The summed E-state index contributed by atoms with van der Waals surface area (Å²) in [6, 6.07) is 7.61. The topological polar surface area (TPSA) is 32.8 Å². The van der Waals surface area contributed by atoms with Crippen LogP contribution < -0.4 is 0 Å². The number of carbonyl (C=O) groups is 1. The van der Waals surface area contributed by atoms with Crippen LogP contribution in [0.5, 0.6) is 0 Å². The first kappa shape index (κ1) is 19.7. The molecule has 0 bridgehead atoms. The van der Waals surface area contributed by atoms with Gasteiger partial charge in [-0.05, 0) is 43.4 Å². The fourth-order valence-corrected chi connectivity index (χ4v) is 4.28. The Morgan fingerprint density at radius 1 is 1.04 bits per heavy atom. The summed E-state index contributed by atoms with van der Waals surface area (Å²) in [5, 5.41) is 0.688. The Hall–Kier alpha value is -1.10. The van der Waals surface area contributed by atoms with E-state index in [1.165, 1.54) is 38.6 Å². The smallest absolute Gasteiger partial charge is 0.248 e. The Bertz CT molecular complexity index is 575. The van der Waals surface area contributed by atoms with Crippen LogP contribution in [0.3, 0.4) is 0 Å². The lowest BCUT2D eigenvalue weighted by atomic mass is 9.89. The number of rotatable bonds is 6. The van der Waals surface area contributed by atoms with Gasteiger partial charge in [0.1, 0.15) is 6.61 Å². The second kappa shape index (κ2) is 10.3. The Morgan fingerprint density at radius 3 is 2.65 bits per heavy atom. The first-order chi connectivity index (χ1) is 12.7. The van der Waals surface area contributed by atoms with Crippen molar-refractivity contribution in [2.24, 2.45) is 5.92 Å². The number of hydrogen-bond acceptors (Lipinski definition) is 3. The maximum Gasteiger partial charge on any atom is 0.248 e. The van der Waals surface area contributed by atoms with Gasteiger partial charge in [-0.2, -0.15) is 0 Å². The van der Waals surface area contributed by atoms with Crippen LogP contribution in [0, 0.1) is 5.92 Å². The van der Waals surface area contributed by atoms with Crippen molar-refractivity contribution in [1.29, 1.82) is 0 Å². The van der Waals surface area contributed by atoms with E-state index < -0.39 is 0 Å². The van der Waals surface area contributed by atoms with E-state index in [9.17, 15) is 4.79 Å². The first-order valence-corrected chi connectivity index (χ1v) is 10.4. The van der Waals surface area contributed by atoms with Gasteiger partial charge < -0.3 is 14.5 Å². The minimum atomic E-state index is 0.0940. The van der Waals surface area contributed by atoms with Crippen LogP contribution in [0.2, 0.25) is 5.02 Å². The highest BCUT2D eigenvalue weighted by atomic mass is 35.5. The Labute approximate surface area is 162 Å². The summed E-state index contributed by atoms with van der Waals surface area (Å²) in [4.78, 5) is 17.0. The molecule has 0 N–H and O–H groups in total. The number of benzene rings is 1. The van der Waals surface area contributed by atoms with Gasteiger partial charge in [-0.15, -0.1) is 0 Å². The normalized spacial score (nSPS) is 20.1. The van der Waals surface area contributed by atoms with Crippen molar-refractivity contribution in [3.8, 4) is 0 Å². The van der Waals surface area contributed by atoms with Crippen LogP contribution in [0.25, 0.3) is 0 Å². The molecule has 4 nitrogen and oxygen atoms in total. The Morgan fingerprint density at radius 2 is 1.85 bits per heavy atom. The van der Waals surface area contributed by atoms with Crippen LogP contribution >= 0.6 is 11.6 Å². The van der Waals surface area contributed by atoms with Gasteiger partial charge in [-0.3, -0.25) is 4.79 Å². The minimum Gasteiger partial charge on any atom is -0.367 e. The Balaban J connectivity index is 1.39. The molecule has 1 aromatic carbocycles. The van der Waals surface area contributed by atoms with E-state index in [4.69, 9.17) is 16.3 Å². The summed E-state index contributed by atoms with van der Waals surface area (Å²) >= 11 is 6.12. The summed E-state index contributed by atoms with van der Waals surface area (Å²) in [7, 11) is 0. The van der Waals surface area contributed by atoms with Gasteiger partial charge in [-0.1, -0.05) is 49.1 Å². The van der Waals surface area contributed by atoms with E-state index in [0.717, 1.165) is 44.1 Å². The van der Waals surface area contributed by atoms with Crippen molar-refractivity contribution in [3.05, 3.63) is 34.9 Å². The number of ether oxygens (including phenoxy) is 1. The molecule has 1 aliphatic carbocycles. The molecule has 0 unspecified atom stereocenters. The second-order valence-corrected chi connectivity index (χ2v) is 8.03. The lowest BCUT2D eigenvalue weighted by Crippen LogP contribution is -2.38. The SMILES string of the molecule is O=C(COCc1ccccc1Cl)N1CCCN(CC2CCCCC2)CC1. The van der Waals surface area contributed by atoms with Gasteiger partial charge in [0.05, 0.1) is 6.61 Å². The fourth-order valence-electron chi connectivity index (χ4n) is 4.09. The monoisotopic (exact) mass is 378 g/mol. The number of halogens is 1. The molecule has 2 fully saturated rings. The highest BCUT2D eigenvalue weighted by Crippen LogP contribution is 2.24. The number of nitrogens with zero attached hydrogens (tertiary/aromatic N) is 2. The molecule has 5 heteroatoms.